The van der Waals surface area contributed by atoms with Crippen LogP contribution in [-0.4, -0.2) is 25.3 Å². The summed E-state index contributed by atoms with van der Waals surface area (Å²) in [5.74, 6) is 6.44. The van der Waals surface area contributed by atoms with E-state index in [4.69, 9.17) is 4.74 Å². The van der Waals surface area contributed by atoms with Crippen LogP contribution in [0.15, 0.2) is 0 Å². The minimum atomic E-state index is 0.162. The predicted octanol–water partition coefficient (Wildman–Crippen LogP) is 2.73. The molecule has 0 amide bonds. The Morgan fingerprint density at radius 1 is 1.31 bits per heavy atom. The topological polar surface area (TPSA) is 21.3 Å². The summed E-state index contributed by atoms with van der Waals surface area (Å²) in [6.45, 7) is 5.19. The fourth-order valence-corrected chi connectivity index (χ4v) is 1.68. The van der Waals surface area contributed by atoms with E-state index in [1.54, 1.807) is 0 Å². The number of nitrogens with one attached hydrogen (secondary N) is 1. The van der Waals surface area contributed by atoms with Crippen LogP contribution in [0.25, 0.3) is 0 Å². The smallest absolute Gasteiger partial charge is 0.118 e. The fraction of sp³-hybridized carbons (Fsp3) is 0.857. The first-order valence-electron chi connectivity index (χ1n) is 6.43. The van der Waals surface area contributed by atoms with Crippen molar-refractivity contribution in [3.8, 4) is 11.8 Å². The highest BCUT2D eigenvalue weighted by Gasteiger charge is 2.15. The highest BCUT2D eigenvalue weighted by atomic mass is 16.5. The molecule has 0 spiro atoms. The number of hydrogen-bond donors (Lipinski definition) is 1. The molecule has 0 aromatic carbocycles. The molecule has 1 rings (SSSR count). The number of hydrogen-bond acceptors (Lipinski definition) is 2. The maximum Gasteiger partial charge on any atom is 0.118 e. The lowest BCUT2D eigenvalue weighted by molar-refractivity contribution is 0.0692. The number of rotatable bonds is 5. The van der Waals surface area contributed by atoms with Gasteiger partial charge in [-0.25, -0.2) is 0 Å². The molecule has 0 aliphatic heterocycles. The molecule has 1 aliphatic carbocycles. The molecule has 0 saturated carbocycles. The van der Waals surface area contributed by atoms with Gasteiger partial charge in [-0.3, -0.25) is 0 Å². The molecule has 1 atom stereocenters. The molecule has 92 valence electrons. The van der Waals surface area contributed by atoms with Crippen LogP contribution in [0.4, 0.5) is 0 Å². The van der Waals surface area contributed by atoms with Crippen molar-refractivity contribution < 1.29 is 4.74 Å². The Kier molecular flexibility index (Phi) is 5.87. The van der Waals surface area contributed by atoms with Gasteiger partial charge in [0.1, 0.15) is 6.10 Å². The molecular weight excluding hydrogens is 198 g/mol. The maximum atomic E-state index is 5.84. The highest BCUT2D eigenvalue weighted by Crippen LogP contribution is 2.13. The maximum absolute atomic E-state index is 5.84. The van der Waals surface area contributed by atoms with E-state index in [1.807, 2.05) is 7.05 Å². The van der Waals surface area contributed by atoms with Crippen LogP contribution < -0.4 is 5.32 Å². The number of ether oxygens (including phenoxy) is 1. The Morgan fingerprint density at radius 3 is 2.88 bits per heavy atom. The first-order chi connectivity index (χ1) is 7.64. The Morgan fingerprint density at radius 2 is 2.12 bits per heavy atom. The second-order valence-electron chi connectivity index (χ2n) is 5.16. The van der Waals surface area contributed by atoms with Crippen molar-refractivity contribution in [1.29, 1.82) is 0 Å². The van der Waals surface area contributed by atoms with Crippen LogP contribution in [0.5, 0.6) is 0 Å². The molecule has 1 aliphatic rings. The van der Waals surface area contributed by atoms with Crippen molar-refractivity contribution in [2.45, 2.75) is 64.0 Å². The second kappa shape index (κ2) is 6.93. The summed E-state index contributed by atoms with van der Waals surface area (Å²) >= 11 is 0. The largest absolute Gasteiger partial charge is 0.365 e. The molecular formula is C14H25NO. The van der Waals surface area contributed by atoms with E-state index in [-0.39, 0.29) is 11.6 Å². The van der Waals surface area contributed by atoms with Crippen molar-refractivity contribution in [2.24, 2.45) is 0 Å². The zero-order valence-electron chi connectivity index (χ0n) is 10.9. The lowest BCUT2D eigenvalue weighted by atomic mass is 10.0. The minimum Gasteiger partial charge on any atom is -0.365 e. The zero-order chi connectivity index (χ0) is 11.9. The van der Waals surface area contributed by atoms with E-state index in [0.717, 1.165) is 25.9 Å². The van der Waals surface area contributed by atoms with Crippen LogP contribution >= 0.6 is 0 Å². The van der Waals surface area contributed by atoms with E-state index in [0.29, 0.717) is 0 Å². The van der Waals surface area contributed by atoms with E-state index in [1.165, 1.54) is 19.3 Å². The third-order valence-corrected chi connectivity index (χ3v) is 3.25. The quantitative estimate of drug-likeness (QED) is 0.724. The Balaban J connectivity index is 2.25. The van der Waals surface area contributed by atoms with Gasteiger partial charge in [0.05, 0.1) is 0 Å². The second-order valence-corrected chi connectivity index (χ2v) is 5.16. The van der Waals surface area contributed by atoms with Gasteiger partial charge in [-0.2, -0.15) is 0 Å². The van der Waals surface area contributed by atoms with Gasteiger partial charge in [-0.15, -0.1) is 5.92 Å². The highest BCUT2D eigenvalue weighted by molar-refractivity contribution is 5.06. The molecule has 0 aromatic rings. The summed E-state index contributed by atoms with van der Waals surface area (Å²) < 4.78 is 5.84. The van der Waals surface area contributed by atoms with Gasteiger partial charge in [0, 0.05) is 18.6 Å². The summed E-state index contributed by atoms with van der Waals surface area (Å²) in [4.78, 5) is 0. The van der Waals surface area contributed by atoms with E-state index < -0.39 is 0 Å². The van der Waals surface area contributed by atoms with Crippen molar-refractivity contribution in [2.75, 3.05) is 13.7 Å². The summed E-state index contributed by atoms with van der Waals surface area (Å²) in [6, 6.07) is 0. The SMILES string of the molecule is CNC(C)(C)CCOC1C#CCCCCC1. The molecule has 0 saturated heterocycles. The monoisotopic (exact) mass is 223 g/mol. The van der Waals surface area contributed by atoms with Crippen molar-refractivity contribution >= 4 is 0 Å². The molecule has 0 bridgehead atoms. The van der Waals surface area contributed by atoms with Gasteiger partial charge in [0.2, 0.25) is 0 Å². The Labute approximate surface area is 100 Å². The Bertz CT molecular complexity index is 249. The van der Waals surface area contributed by atoms with Crippen molar-refractivity contribution in [3.05, 3.63) is 0 Å². The average Bonchev–Trinajstić information content (AvgIpc) is 2.21. The van der Waals surface area contributed by atoms with E-state index in [9.17, 15) is 0 Å². The predicted molar refractivity (Wildman–Crippen MR) is 68.4 cm³/mol. The Hall–Kier alpha value is -0.520. The standard InChI is InChI=1S/C14H25NO/c1-14(2,15-3)11-12-16-13-9-7-5-4-6-8-10-13/h13,15H,4-7,9,11-12H2,1-3H3. The first-order valence-corrected chi connectivity index (χ1v) is 6.43. The van der Waals surface area contributed by atoms with Crippen LogP contribution in [0.2, 0.25) is 0 Å². The van der Waals surface area contributed by atoms with Crippen LogP contribution in [-0.2, 0) is 4.74 Å². The third-order valence-electron chi connectivity index (χ3n) is 3.25. The zero-order valence-corrected chi connectivity index (χ0v) is 10.9. The van der Waals surface area contributed by atoms with Gasteiger partial charge in [-0.05, 0) is 46.6 Å². The lowest BCUT2D eigenvalue weighted by Gasteiger charge is -2.24. The van der Waals surface area contributed by atoms with Crippen molar-refractivity contribution in [3.63, 3.8) is 0 Å². The van der Waals surface area contributed by atoms with Gasteiger partial charge < -0.3 is 10.1 Å². The molecule has 0 radical (unpaired) electrons. The summed E-state index contributed by atoms with van der Waals surface area (Å²) in [5, 5.41) is 3.29. The molecule has 16 heavy (non-hydrogen) atoms. The fourth-order valence-electron chi connectivity index (χ4n) is 1.68. The lowest BCUT2D eigenvalue weighted by Crippen LogP contribution is -2.37. The molecule has 2 heteroatoms. The summed E-state index contributed by atoms with van der Waals surface area (Å²) in [5.41, 5.74) is 0.162. The average molecular weight is 223 g/mol. The molecule has 2 nitrogen and oxygen atoms in total. The van der Waals surface area contributed by atoms with E-state index >= 15 is 0 Å². The summed E-state index contributed by atoms with van der Waals surface area (Å²) in [7, 11) is 2.00. The molecule has 0 heterocycles. The molecule has 0 fully saturated rings. The molecule has 1 unspecified atom stereocenters. The van der Waals surface area contributed by atoms with Crippen LogP contribution in [0, 0.1) is 11.8 Å². The first kappa shape index (κ1) is 13.5. The van der Waals surface area contributed by atoms with Crippen LogP contribution in [0.1, 0.15) is 52.4 Å². The normalized spacial score (nSPS) is 21.8. The minimum absolute atomic E-state index is 0.162. The van der Waals surface area contributed by atoms with Gasteiger partial charge in [0.25, 0.3) is 0 Å². The van der Waals surface area contributed by atoms with Crippen LogP contribution in [0.3, 0.4) is 0 Å². The third kappa shape index (κ3) is 5.53. The molecule has 0 aromatic heterocycles. The molecule has 1 N–H and O–H groups in total. The van der Waals surface area contributed by atoms with Gasteiger partial charge >= 0.3 is 0 Å². The summed E-state index contributed by atoms with van der Waals surface area (Å²) in [6.07, 6.45) is 7.17. The van der Waals surface area contributed by atoms with Gasteiger partial charge in [-0.1, -0.05) is 12.3 Å². The van der Waals surface area contributed by atoms with E-state index in [2.05, 4.69) is 31.0 Å². The van der Waals surface area contributed by atoms with Gasteiger partial charge in [0.15, 0.2) is 0 Å². The van der Waals surface area contributed by atoms with Crippen molar-refractivity contribution in [1.82, 2.24) is 5.32 Å².